The van der Waals surface area contributed by atoms with E-state index >= 15 is 0 Å². The summed E-state index contributed by atoms with van der Waals surface area (Å²) in [4.78, 5) is 4.22. The summed E-state index contributed by atoms with van der Waals surface area (Å²) in [7, 11) is 1.59. The molecule has 2 aromatic rings. The van der Waals surface area contributed by atoms with Gasteiger partial charge in [0.05, 0.1) is 19.3 Å². The molecule has 0 aliphatic carbocycles. The Labute approximate surface area is 93.5 Å². The summed E-state index contributed by atoms with van der Waals surface area (Å²) in [6.45, 7) is 0.591. The van der Waals surface area contributed by atoms with Crippen molar-refractivity contribution in [3.63, 3.8) is 0 Å². The zero-order valence-corrected chi connectivity index (χ0v) is 8.92. The van der Waals surface area contributed by atoms with Gasteiger partial charge in [0.25, 0.3) is 0 Å². The number of pyridine rings is 1. The summed E-state index contributed by atoms with van der Waals surface area (Å²) in [5, 5.41) is 10.9. The van der Waals surface area contributed by atoms with Crippen LogP contribution < -0.4 is 10.1 Å². The molecule has 0 bridgehead atoms. The molecular weight excluding hydrogens is 204 g/mol. The third kappa shape index (κ3) is 2.66. The van der Waals surface area contributed by atoms with Crippen LogP contribution in [0.5, 0.6) is 5.88 Å². The summed E-state index contributed by atoms with van der Waals surface area (Å²) >= 11 is 0. The van der Waals surface area contributed by atoms with E-state index in [1.807, 2.05) is 24.3 Å². The Balaban J connectivity index is 1.99. The minimum absolute atomic E-state index is 0.587. The third-order valence-corrected chi connectivity index (χ3v) is 2.01. The molecule has 0 fully saturated rings. The lowest BCUT2D eigenvalue weighted by Gasteiger charge is -2.05. The normalized spacial score (nSPS) is 9.81. The highest BCUT2D eigenvalue weighted by molar-refractivity contribution is 5.37. The highest BCUT2D eigenvalue weighted by Gasteiger charge is 1.97. The fourth-order valence-corrected chi connectivity index (χ4v) is 1.24. The van der Waals surface area contributed by atoms with E-state index in [4.69, 9.17) is 4.74 Å². The Morgan fingerprint density at radius 2 is 2.19 bits per heavy atom. The Morgan fingerprint density at radius 1 is 1.25 bits per heavy atom. The highest BCUT2D eigenvalue weighted by atomic mass is 16.5. The number of rotatable bonds is 4. The first-order valence-electron chi connectivity index (χ1n) is 4.90. The Morgan fingerprint density at radius 3 is 2.94 bits per heavy atom. The van der Waals surface area contributed by atoms with Crippen LogP contribution in [0.3, 0.4) is 0 Å². The molecule has 5 heteroatoms. The first-order valence-corrected chi connectivity index (χ1v) is 4.90. The standard InChI is InChI=1S/C11H12N4O/c1-16-11-6-2-5-10(14-11)12-8-9-4-3-7-13-15-9/h2-7H,8H2,1H3,(H,12,14). The van der Waals surface area contributed by atoms with E-state index in [9.17, 15) is 0 Å². The topological polar surface area (TPSA) is 59.9 Å². The Hall–Kier alpha value is -2.17. The second-order valence-electron chi connectivity index (χ2n) is 3.13. The first-order chi connectivity index (χ1) is 7.88. The summed E-state index contributed by atoms with van der Waals surface area (Å²) in [5.74, 6) is 1.34. The molecule has 2 aromatic heterocycles. The van der Waals surface area contributed by atoms with Crippen LogP contribution in [0.1, 0.15) is 5.69 Å². The smallest absolute Gasteiger partial charge is 0.214 e. The van der Waals surface area contributed by atoms with E-state index in [0.717, 1.165) is 11.5 Å². The van der Waals surface area contributed by atoms with Gasteiger partial charge in [-0.25, -0.2) is 0 Å². The van der Waals surface area contributed by atoms with Crippen LogP contribution in [0, 0.1) is 0 Å². The lowest BCUT2D eigenvalue weighted by Crippen LogP contribution is -2.04. The summed E-state index contributed by atoms with van der Waals surface area (Å²) in [6.07, 6.45) is 1.65. The number of methoxy groups -OCH3 is 1. The van der Waals surface area contributed by atoms with Gasteiger partial charge in [-0.05, 0) is 18.2 Å². The predicted molar refractivity (Wildman–Crippen MR) is 60.1 cm³/mol. The van der Waals surface area contributed by atoms with E-state index in [1.165, 1.54) is 0 Å². The molecule has 0 unspecified atom stereocenters. The summed E-state index contributed by atoms with van der Waals surface area (Å²) < 4.78 is 5.03. The second kappa shape index (κ2) is 5.06. The number of nitrogens with one attached hydrogen (secondary N) is 1. The molecule has 16 heavy (non-hydrogen) atoms. The molecule has 2 rings (SSSR count). The van der Waals surface area contributed by atoms with Crippen LogP contribution in [0.4, 0.5) is 5.82 Å². The van der Waals surface area contributed by atoms with Gasteiger partial charge in [-0.15, -0.1) is 0 Å². The molecule has 0 spiro atoms. The zero-order valence-electron chi connectivity index (χ0n) is 8.92. The molecule has 0 amide bonds. The van der Waals surface area contributed by atoms with Crippen molar-refractivity contribution in [2.24, 2.45) is 0 Å². The van der Waals surface area contributed by atoms with Crippen LogP contribution in [-0.4, -0.2) is 22.3 Å². The fraction of sp³-hybridized carbons (Fsp3) is 0.182. The number of ether oxygens (including phenoxy) is 1. The Bertz CT molecular complexity index is 447. The largest absolute Gasteiger partial charge is 0.481 e. The molecule has 0 atom stereocenters. The van der Waals surface area contributed by atoms with E-state index < -0.39 is 0 Å². The van der Waals surface area contributed by atoms with Gasteiger partial charge in [0.1, 0.15) is 5.82 Å². The van der Waals surface area contributed by atoms with Gasteiger partial charge in [0.2, 0.25) is 5.88 Å². The molecule has 2 heterocycles. The molecule has 0 saturated carbocycles. The molecule has 82 valence electrons. The maximum Gasteiger partial charge on any atom is 0.214 e. The molecule has 0 aromatic carbocycles. The minimum Gasteiger partial charge on any atom is -0.481 e. The van der Waals surface area contributed by atoms with Crippen LogP contribution in [0.15, 0.2) is 36.5 Å². The van der Waals surface area contributed by atoms with E-state index in [2.05, 4.69) is 20.5 Å². The third-order valence-electron chi connectivity index (χ3n) is 2.01. The summed E-state index contributed by atoms with van der Waals surface area (Å²) in [6, 6.07) is 9.31. The maximum atomic E-state index is 5.03. The van der Waals surface area contributed by atoms with Crippen LogP contribution in [0.2, 0.25) is 0 Å². The van der Waals surface area contributed by atoms with Gasteiger partial charge in [0, 0.05) is 12.3 Å². The van der Waals surface area contributed by atoms with Gasteiger partial charge in [-0.3, -0.25) is 0 Å². The summed E-state index contributed by atoms with van der Waals surface area (Å²) in [5.41, 5.74) is 0.868. The maximum absolute atomic E-state index is 5.03. The van der Waals surface area contributed by atoms with Gasteiger partial charge >= 0.3 is 0 Å². The molecule has 0 radical (unpaired) electrons. The van der Waals surface area contributed by atoms with Gasteiger partial charge < -0.3 is 10.1 Å². The van der Waals surface area contributed by atoms with Crippen molar-refractivity contribution in [3.8, 4) is 5.88 Å². The van der Waals surface area contributed by atoms with E-state index in [0.29, 0.717) is 12.4 Å². The number of hydrogen-bond donors (Lipinski definition) is 1. The van der Waals surface area contributed by atoms with Crippen molar-refractivity contribution >= 4 is 5.82 Å². The first kappa shape index (κ1) is 10.4. The van der Waals surface area contributed by atoms with Crippen LogP contribution in [0.25, 0.3) is 0 Å². The van der Waals surface area contributed by atoms with E-state index in [1.54, 1.807) is 19.4 Å². The number of nitrogens with zero attached hydrogens (tertiary/aromatic N) is 3. The molecular formula is C11H12N4O. The highest BCUT2D eigenvalue weighted by Crippen LogP contribution is 2.11. The number of anilines is 1. The number of aromatic nitrogens is 3. The molecule has 0 aliphatic rings. The van der Waals surface area contributed by atoms with Gasteiger partial charge in [-0.1, -0.05) is 6.07 Å². The molecule has 0 saturated heterocycles. The molecule has 0 aliphatic heterocycles. The van der Waals surface area contributed by atoms with Crippen LogP contribution >= 0.6 is 0 Å². The van der Waals surface area contributed by atoms with Crippen molar-refractivity contribution in [2.45, 2.75) is 6.54 Å². The Kier molecular flexibility index (Phi) is 3.28. The average Bonchev–Trinajstić information content (AvgIpc) is 2.38. The van der Waals surface area contributed by atoms with Gasteiger partial charge in [0.15, 0.2) is 0 Å². The van der Waals surface area contributed by atoms with Crippen molar-refractivity contribution in [3.05, 3.63) is 42.2 Å². The van der Waals surface area contributed by atoms with Crippen LogP contribution in [-0.2, 0) is 6.54 Å². The molecule has 1 N–H and O–H groups in total. The van der Waals surface area contributed by atoms with Crippen molar-refractivity contribution in [2.75, 3.05) is 12.4 Å². The van der Waals surface area contributed by atoms with Gasteiger partial charge in [-0.2, -0.15) is 15.2 Å². The minimum atomic E-state index is 0.587. The van der Waals surface area contributed by atoms with Crippen molar-refractivity contribution in [1.82, 2.24) is 15.2 Å². The van der Waals surface area contributed by atoms with Crippen molar-refractivity contribution in [1.29, 1.82) is 0 Å². The quantitative estimate of drug-likeness (QED) is 0.839. The van der Waals surface area contributed by atoms with Crippen molar-refractivity contribution < 1.29 is 4.74 Å². The average molecular weight is 216 g/mol. The zero-order chi connectivity index (χ0) is 11.2. The second-order valence-corrected chi connectivity index (χ2v) is 3.13. The SMILES string of the molecule is COc1cccc(NCc2cccnn2)n1. The molecule has 5 nitrogen and oxygen atoms in total. The predicted octanol–water partition coefficient (Wildman–Crippen LogP) is 1.49. The monoisotopic (exact) mass is 216 g/mol. The lowest BCUT2D eigenvalue weighted by molar-refractivity contribution is 0.398. The fourth-order valence-electron chi connectivity index (χ4n) is 1.24. The lowest BCUT2D eigenvalue weighted by atomic mass is 10.4. The van der Waals surface area contributed by atoms with E-state index in [-0.39, 0.29) is 0 Å². The number of hydrogen-bond acceptors (Lipinski definition) is 5.